The van der Waals surface area contributed by atoms with Crippen molar-refractivity contribution < 1.29 is 9.47 Å². The van der Waals surface area contributed by atoms with Crippen molar-refractivity contribution in [3.05, 3.63) is 60.1 Å². The third-order valence-corrected chi connectivity index (χ3v) is 5.74. The molecule has 2 aromatic heterocycles. The summed E-state index contributed by atoms with van der Waals surface area (Å²) in [4.78, 5) is 20.4. The van der Waals surface area contributed by atoms with Gasteiger partial charge in [-0.2, -0.15) is 0 Å². The minimum absolute atomic E-state index is 0.545. The Morgan fingerprint density at radius 1 is 1.12 bits per heavy atom. The summed E-state index contributed by atoms with van der Waals surface area (Å²) < 4.78 is 10.9. The Bertz CT molecular complexity index is 1220. The van der Waals surface area contributed by atoms with Gasteiger partial charge in [-0.1, -0.05) is 0 Å². The van der Waals surface area contributed by atoms with Crippen molar-refractivity contribution in [2.75, 3.05) is 45.8 Å². The lowest BCUT2D eigenvalue weighted by atomic mass is 10.0. The van der Waals surface area contributed by atoms with E-state index >= 15 is 0 Å². The number of anilines is 1. The molecule has 1 aromatic carbocycles. The normalized spacial score (nSPS) is 20.6. The molecule has 2 aliphatic rings. The summed E-state index contributed by atoms with van der Waals surface area (Å²) in [6.45, 7) is 2.76. The molecule has 0 spiro atoms. The summed E-state index contributed by atoms with van der Waals surface area (Å²) in [7, 11) is 3.42. The molecule has 3 aromatic rings. The molecule has 1 saturated heterocycles. The van der Waals surface area contributed by atoms with E-state index in [0.29, 0.717) is 19.2 Å². The van der Waals surface area contributed by atoms with E-state index in [0.717, 1.165) is 52.4 Å². The Morgan fingerprint density at radius 3 is 2.64 bits per heavy atom. The van der Waals surface area contributed by atoms with Crippen LogP contribution in [-0.2, 0) is 10.5 Å². The average molecular weight is 447 g/mol. The van der Waals surface area contributed by atoms with Crippen LogP contribution in [0.4, 0.5) is 5.95 Å². The quantitative estimate of drug-likeness (QED) is 0.547. The summed E-state index contributed by atoms with van der Waals surface area (Å²) in [5.41, 5.74) is 10.1. The Hall–Kier alpha value is -3.76. The molecule has 4 N–H and O–H groups in total. The number of benzene rings is 1. The molecule has 170 valence electrons. The number of fused-ring (bicyclic) bond motifs is 1. The Labute approximate surface area is 191 Å². The van der Waals surface area contributed by atoms with E-state index in [9.17, 15) is 0 Å². The van der Waals surface area contributed by atoms with Gasteiger partial charge >= 0.3 is 0 Å². The standard InChI is InChI=1S/C23H26N8O2/c1-25-22-27-12-16(13-28-22)20-11-21(31-5-7-33-8-6-31)30-23(24,29-20)17-9-15-10-18(32-2)3-4-19(15)26-14-17/h3-4,9-14,29H,5-8,24H2,1-2H3,(H,25,27,28). The van der Waals surface area contributed by atoms with Gasteiger partial charge in [0.1, 0.15) is 11.6 Å². The van der Waals surface area contributed by atoms with Crippen LogP contribution in [0.25, 0.3) is 16.6 Å². The van der Waals surface area contributed by atoms with Crippen LogP contribution in [0.3, 0.4) is 0 Å². The Balaban J connectivity index is 1.58. The highest BCUT2D eigenvalue weighted by Crippen LogP contribution is 2.29. The Morgan fingerprint density at radius 2 is 1.91 bits per heavy atom. The van der Waals surface area contributed by atoms with Crippen molar-refractivity contribution in [3.63, 3.8) is 0 Å². The van der Waals surface area contributed by atoms with Gasteiger partial charge < -0.3 is 25.0 Å². The summed E-state index contributed by atoms with van der Waals surface area (Å²) in [5.74, 6) is 0.842. The first-order valence-electron chi connectivity index (χ1n) is 10.7. The monoisotopic (exact) mass is 446 g/mol. The number of aromatic nitrogens is 3. The van der Waals surface area contributed by atoms with Gasteiger partial charge in [0.15, 0.2) is 0 Å². The van der Waals surface area contributed by atoms with E-state index in [1.54, 1.807) is 32.7 Å². The van der Waals surface area contributed by atoms with Crippen LogP contribution in [0, 0.1) is 0 Å². The maximum atomic E-state index is 6.90. The topological polar surface area (TPSA) is 123 Å². The lowest BCUT2D eigenvalue weighted by Crippen LogP contribution is -2.53. The highest BCUT2D eigenvalue weighted by Gasteiger charge is 2.34. The number of pyridine rings is 1. The molecule has 0 amide bonds. The van der Waals surface area contributed by atoms with Crippen molar-refractivity contribution >= 4 is 28.4 Å². The highest BCUT2D eigenvalue weighted by molar-refractivity contribution is 6.00. The number of aliphatic imine (C=N–C) groups is 1. The second-order valence-electron chi connectivity index (χ2n) is 7.85. The Kier molecular flexibility index (Phi) is 5.53. The molecule has 1 unspecified atom stereocenters. The fraction of sp³-hybridized carbons (Fsp3) is 0.304. The first-order valence-corrected chi connectivity index (χ1v) is 10.7. The van der Waals surface area contributed by atoms with Gasteiger partial charge in [-0.3, -0.25) is 10.7 Å². The summed E-state index contributed by atoms with van der Waals surface area (Å²) in [5, 5.41) is 7.24. The molecule has 4 heterocycles. The molecule has 0 bridgehead atoms. The number of nitrogens with zero attached hydrogens (tertiary/aromatic N) is 5. The van der Waals surface area contributed by atoms with Crippen molar-refractivity contribution in [2.24, 2.45) is 10.7 Å². The number of nitrogens with two attached hydrogens (primary N) is 1. The molecule has 0 aliphatic carbocycles. The van der Waals surface area contributed by atoms with Gasteiger partial charge in [0, 0.05) is 61.3 Å². The van der Waals surface area contributed by atoms with E-state index in [1.807, 2.05) is 30.3 Å². The molecule has 10 heteroatoms. The van der Waals surface area contributed by atoms with Crippen LogP contribution in [0.2, 0.25) is 0 Å². The van der Waals surface area contributed by atoms with Crippen LogP contribution in [0.5, 0.6) is 5.75 Å². The van der Waals surface area contributed by atoms with Crippen molar-refractivity contribution in [1.82, 2.24) is 25.2 Å². The number of hydrogen-bond donors (Lipinski definition) is 3. The first-order chi connectivity index (χ1) is 16.1. The van der Waals surface area contributed by atoms with E-state index in [-0.39, 0.29) is 0 Å². The largest absolute Gasteiger partial charge is 0.497 e. The molecule has 1 fully saturated rings. The molecule has 0 radical (unpaired) electrons. The predicted octanol–water partition coefficient (Wildman–Crippen LogP) is 1.52. The van der Waals surface area contributed by atoms with E-state index in [1.165, 1.54) is 0 Å². The summed E-state index contributed by atoms with van der Waals surface area (Å²) in [6, 6.07) is 7.73. The van der Waals surface area contributed by atoms with Gasteiger partial charge in [-0.25, -0.2) is 15.0 Å². The predicted molar refractivity (Wildman–Crippen MR) is 127 cm³/mol. The SMILES string of the molecule is CNc1ncc(C2=CC(N3CCOCC3)=NC(N)(c3cnc4ccc(OC)cc4c3)N2)cn1. The minimum atomic E-state index is -1.23. The number of morpholine rings is 1. The van der Waals surface area contributed by atoms with Crippen molar-refractivity contribution in [1.29, 1.82) is 0 Å². The lowest BCUT2D eigenvalue weighted by Gasteiger charge is -2.37. The van der Waals surface area contributed by atoms with Crippen LogP contribution in [0.15, 0.2) is 53.9 Å². The second-order valence-corrected chi connectivity index (χ2v) is 7.85. The fourth-order valence-corrected chi connectivity index (χ4v) is 3.90. The van der Waals surface area contributed by atoms with Crippen LogP contribution >= 0.6 is 0 Å². The van der Waals surface area contributed by atoms with Crippen molar-refractivity contribution in [2.45, 2.75) is 5.79 Å². The third kappa shape index (κ3) is 4.18. The molecular weight excluding hydrogens is 420 g/mol. The number of amidine groups is 1. The number of methoxy groups -OCH3 is 1. The number of ether oxygens (including phenoxy) is 2. The van der Waals surface area contributed by atoms with Crippen LogP contribution < -0.4 is 21.1 Å². The first kappa shape index (κ1) is 21.1. The van der Waals surface area contributed by atoms with Gasteiger partial charge in [0.05, 0.1) is 31.5 Å². The van der Waals surface area contributed by atoms with E-state index in [2.05, 4.69) is 30.5 Å². The van der Waals surface area contributed by atoms with Gasteiger partial charge in [0.25, 0.3) is 0 Å². The third-order valence-electron chi connectivity index (χ3n) is 5.74. The van der Waals surface area contributed by atoms with E-state index < -0.39 is 5.79 Å². The molecule has 33 heavy (non-hydrogen) atoms. The maximum absolute atomic E-state index is 6.90. The fourth-order valence-electron chi connectivity index (χ4n) is 3.90. The van der Waals surface area contributed by atoms with Crippen molar-refractivity contribution in [3.8, 4) is 5.75 Å². The van der Waals surface area contributed by atoms with Gasteiger partial charge in [-0.15, -0.1) is 0 Å². The maximum Gasteiger partial charge on any atom is 0.222 e. The number of hydrogen-bond acceptors (Lipinski definition) is 10. The molecule has 2 aliphatic heterocycles. The number of rotatable bonds is 4. The summed E-state index contributed by atoms with van der Waals surface area (Å²) >= 11 is 0. The number of nitrogens with one attached hydrogen (secondary N) is 2. The van der Waals surface area contributed by atoms with E-state index in [4.69, 9.17) is 20.2 Å². The minimum Gasteiger partial charge on any atom is -0.497 e. The zero-order valence-electron chi connectivity index (χ0n) is 18.6. The van der Waals surface area contributed by atoms with Crippen LogP contribution in [-0.4, -0.2) is 66.1 Å². The molecule has 1 atom stereocenters. The average Bonchev–Trinajstić information content (AvgIpc) is 2.88. The van der Waals surface area contributed by atoms with Gasteiger partial charge in [-0.05, 0) is 24.3 Å². The molecule has 0 saturated carbocycles. The molecule has 10 nitrogen and oxygen atoms in total. The zero-order valence-corrected chi connectivity index (χ0v) is 18.6. The summed E-state index contributed by atoms with van der Waals surface area (Å²) in [6.07, 6.45) is 7.24. The lowest BCUT2D eigenvalue weighted by molar-refractivity contribution is 0.0678. The highest BCUT2D eigenvalue weighted by atomic mass is 16.5. The van der Waals surface area contributed by atoms with Gasteiger partial charge in [0.2, 0.25) is 11.7 Å². The zero-order chi connectivity index (χ0) is 22.8. The second kappa shape index (κ2) is 8.64. The molecular formula is C23H26N8O2. The smallest absolute Gasteiger partial charge is 0.222 e. The molecule has 5 rings (SSSR count). The van der Waals surface area contributed by atoms with Crippen LogP contribution in [0.1, 0.15) is 11.1 Å².